The molecule has 20 heavy (non-hydrogen) atoms. The van der Waals surface area contributed by atoms with Gasteiger partial charge in [-0.1, -0.05) is 34.1 Å². The summed E-state index contributed by atoms with van der Waals surface area (Å²) in [6, 6.07) is 0.268. The van der Waals surface area contributed by atoms with Gasteiger partial charge in [0.25, 0.3) is 0 Å². The van der Waals surface area contributed by atoms with E-state index in [1.807, 2.05) is 20.8 Å². The monoisotopic (exact) mass is 283 g/mol. The third-order valence-electron chi connectivity index (χ3n) is 3.80. The number of hydrogen-bond donors (Lipinski definition) is 2. The zero-order valence-electron chi connectivity index (χ0n) is 14.1. The van der Waals surface area contributed by atoms with Crippen LogP contribution in [0.15, 0.2) is 0 Å². The van der Waals surface area contributed by atoms with Gasteiger partial charge in [0.2, 0.25) is 5.91 Å². The number of nitrogens with zero attached hydrogens (tertiary/aromatic N) is 1. The van der Waals surface area contributed by atoms with Gasteiger partial charge in [-0.2, -0.15) is 0 Å². The van der Waals surface area contributed by atoms with Gasteiger partial charge in [0.15, 0.2) is 0 Å². The summed E-state index contributed by atoms with van der Waals surface area (Å²) in [4.78, 5) is 14.6. The molecule has 1 aliphatic rings. The lowest BCUT2D eigenvalue weighted by Gasteiger charge is -2.26. The number of nitrogens with two attached hydrogens (primary N) is 1. The first-order valence-electron chi connectivity index (χ1n) is 7.85. The molecule has 3 N–H and O–H groups in total. The van der Waals surface area contributed by atoms with Gasteiger partial charge in [-0.25, -0.2) is 0 Å². The van der Waals surface area contributed by atoms with Crippen molar-refractivity contribution in [1.82, 2.24) is 10.2 Å². The number of nitrogens with one attached hydrogen (secondary N) is 1. The van der Waals surface area contributed by atoms with Gasteiger partial charge in [-0.05, 0) is 26.2 Å². The summed E-state index contributed by atoms with van der Waals surface area (Å²) in [6.07, 6.45) is 2.32. The molecule has 0 unspecified atom stereocenters. The van der Waals surface area contributed by atoms with Crippen molar-refractivity contribution < 1.29 is 4.79 Å². The van der Waals surface area contributed by atoms with Crippen molar-refractivity contribution in [2.45, 2.75) is 66.0 Å². The van der Waals surface area contributed by atoms with Gasteiger partial charge in [-0.15, -0.1) is 0 Å². The first-order valence-corrected chi connectivity index (χ1v) is 7.85. The molecule has 118 valence electrons. The van der Waals surface area contributed by atoms with Crippen molar-refractivity contribution in [3.05, 3.63) is 0 Å². The van der Waals surface area contributed by atoms with Crippen molar-refractivity contribution in [2.75, 3.05) is 19.6 Å². The van der Waals surface area contributed by atoms with Crippen LogP contribution in [0.5, 0.6) is 0 Å². The molecule has 4 heteroatoms. The number of hydrogen-bond acceptors (Lipinski definition) is 3. The number of amides is 1. The maximum Gasteiger partial charge on any atom is 0.225 e. The highest BCUT2D eigenvalue weighted by Gasteiger charge is 2.36. The molecule has 0 saturated carbocycles. The Labute approximate surface area is 124 Å². The molecule has 1 heterocycles. The Morgan fingerprint density at radius 1 is 1.25 bits per heavy atom. The fourth-order valence-corrected chi connectivity index (χ4v) is 2.88. The molecule has 1 amide bonds. The van der Waals surface area contributed by atoms with E-state index in [1.165, 1.54) is 0 Å². The number of likely N-dealkylation sites (tertiary alicyclic amines) is 1. The summed E-state index contributed by atoms with van der Waals surface area (Å²) in [5.41, 5.74) is 5.62. The van der Waals surface area contributed by atoms with E-state index >= 15 is 0 Å². The Hall–Kier alpha value is -0.610. The number of rotatable bonds is 5. The fraction of sp³-hybridized carbons (Fsp3) is 0.938. The summed E-state index contributed by atoms with van der Waals surface area (Å²) < 4.78 is 0. The van der Waals surface area contributed by atoms with Crippen molar-refractivity contribution in [3.63, 3.8) is 0 Å². The predicted molar refractivity (Wildman–Crippen MR) is 84.5 cm³/mol. The molecule has 2 atom stereocenters. The first-order chi connectivity index (χ1) is 9.03. The van der Waals surface area contributed by atoms with E-state index in [9.17, 15) is 4.79 Å². The van der Waals surface area contributed by atoms with E-state index in [0.717, 1.165) is 32.5 Å². The van der Waals surface area contributed by atoms with Crippen LogP contribution in [0.4, 0.5) is 0 Å². The van der Waals surface area contributed by atoms with Crippen LogP contribution in [0.1, 0.15) is 54.4 Å². The largest absolute Gasteiger partial charge is 0.351 e. The van der Waals surface area contributed by atoms with E-state index in [1.54, 1.807) is 0 Å². The Morgan fingerprint density at radius 3 is 2.30 bits per heavy atom. The molecule has 0 spiro atoms. The fourth-order valence-electron chi connectivity index (χ4n) is 2.88. The average molecular weight is 283 g/mol. The third kappa shape index (κ3) is 5.41. The summed E-state index contributed by atoms with van der Waals surface area (Å²) in [5.74, 6) is 0.700. The minimum absolute atomic E-state index is 0.150. The molecule has 1 rings (SSSR count). The second-order valence-electron chi connectivity index (χ2n) is 8.06. The Bertz CT molecular complexity index is 328. The van der Waals surface area contributed by atoms with Gasteiger partial charge in [0, 0.05) is 36.6 Å². The van der Waals surface area contributed by atoms with E-state index in [4.69, 9.17) is 5.73 Å². The first kappa shape index (κ1) is 17.4. The smallest absolute Gasteiger partial charge is 0.225 e. The van der Waals surface area contributed by atoms with Gasteiger partial charge in [0.1, 0.15) is 0 Å². The number of carbonyl (C=O) groups excluding carboxylic acids is 1. The molecule has 0 aromatic carbocycles. The molecule has 0 aliphatic carbocycles. The van der Waals surface area contributed by atoms with Crippen LogP contribution in [0.25, 0.3) is 0 Å². The molecular weight excluding hydrogens is 250 g/mol. The Balaban J connectivity index is 2.65. The highest BCUT2D eigenvalue weighted by molar-refractivity contribution is 5.81. The maximum absolute atomic E-state index is 12.2. The van der Waals surface area contributed by atoms with Crippen molar-refractivity contribution in [3.8, 4) is 0 Å². The molecule has 1 saturated heterocycles. The summed E-state index contributed by atoms with van der Waals surface area (Å²) in [7, 11) is 0. The summed E-state index contributed by atoms with van der Waals surface area (Å²) >= 11 is 0. The molecule has 1 aliphatic heterocycles. The van der Waals surface area contributed by atoms with Gasteiger partial charge >= 0.3 is 0 Å². The quantitative estimate of drug-likeness (QED) is 0.811. The lowest BCUT2D eigenvalue weighted by Crippen LogP contribution is -2.47. The minimum atomic E-state index is -0.322. The van der Waals surface area contributed by atoms with Crippen molar-refractivity contribution >= 4 is 5.91 Å². The van der Waals surface area contributed by atoms with Crippen LogP contribution in [-0.4, -0.2) is 42.0 Å². The molecular formula is C16H33N3O. The highest BCUT2D eigenvalue weighted by atomic mass is 16.2. The standard InChI is InChI=1S/C16H33N3O/c1-7-8-12-9-19(11-16(5,6)17)10-13(12)18-14(20)15(2,3)4/h12-13H,7-11,17H2,1-6H3,(H,18,20)/t12-,13-/m1/s1. The molecule has 1 fully saturated rings. The summed E-state index contributed by atoms with van der Waals surface area (Å²) in [5, 5.41) is 3.25. The minimum Gasteiger partial charge on any atom is -0.351 e. The average Bonchev–Trinajstić information content (AvgIpc) is 2.56. The van der Waals surface area contributed by atoms with Gasteiger partial charge < -0.3 is 11.1 Å². The lowest BCUT2D eigenvalue weighted by molar-refractivity contribution is -0.129. The second kappa shape index (κ2) is 6.44. The Kier molecular flexibility index (Phi) is 5.61. The second-order valence-corrected chi connectivity index (χ2v) is 8.06. The topological polar surface area (TPSA) is 58.4 Å². The molecule has 0 radical (unpaired) electrons. The Morgan fingerprint density at radius 2 is 1.85 bits per heavy atom. The van der Waals surface area contributed by atoms with E-state index < -0.39 is 0 Å². The summed E-state index contributed by atoms with van der Waals surface area (Å²) in [6.45, 7) is 15.1. The SMILES string of the molecule is CCC[C@@H]1CN(CC(C)(C)N)C[C@H]1NC(=O)C(C)(C)C. The van der Waals surface area contributed by atoms with Crippen LogP contribution in [0.2, 0.25) is 0 Å². The maximum atomic E-state index is 12.2. The number of carbonyl (C=O) groups is 1. The van der Waals surface area contributed by atoms with Crippen LogP contribution < -0.4 is 11.1 Å². The van der Waals surface area contributed by atoms with Crippen LogP contribution in [-0.2, 0) is 4.79 Å². The third-order valence-corrected chi connectivity index (χ3v) is 3.80. The van der Waals surface area contributed by atoms with Gasteiger partial charge in [0.05, 0.1) is 0 Å². The van der Waals surface area contributed by atoms with Crippen molar-refractivity contribution in [1.29, 1.82) is 0 Å². The highest BCUT2D eigenvalue weighted by Crippen LogP contribution is 2.24. The molecule has 4 nitrogen and oxygen atoms in total. The lowest BCUT2D eigenvalue weighted by atomic mass is 9.93. The normalized spacial score (nSPS) is 24.9. The van der Waals surface area contributed by atoms with E-state index in [0.29, 0.717) is 5.92 Å². The molecule has 0 aromatic rings. The molecule has 0 bridgehead atoms. The van der Waals surface area contributed by atoms with Crippen LogP contribution in [0, 0.1) is 11.3 Å². The zero-order valence-corrected chi connectivity index (χ0v) is 14.1. The zero-order chi connectivity index (χ0) is 15.6. The molecule has 0 aromatic heterocycles. The predicted octanol–water partition coefficient (Wildman–Crippen LogP) is 1.99. The van der Waals surface area contributed by atoms with Crippen LogP contribution in [0.3, 0.4) is 0 Å². The van der Waals surface area contributed by atoms with Crippen molar-refractivity contribution in [2.24, 2.45) is 17.1 Å². The van der Waals surface area contributed by atoms with E-state index in [-0.39, 0.29) is 22.9 Å². The van der Waals surface area contributed by atoms with E-state index in [2.05, 4.69) is 31.0 Å². The van der Waals surface area contributed by atoms with Crippen LogP contribution >= 0.6 is 0 Å². The van der Waals surface area contributed by atoms with Gasteiger partial charge in [-0.3, -0.25) is 9.69 Å².